The van der Waals surface area contributed by atoms with Gasteiger partial charge in [-0.1, -0.05) is 6.92 Å². The van der Waals surface area contributed by atoms with Gasteiger partial charge in [0.25, 0.3) is 5.91 Å². The number of hydrogen-bond donors (Lipinski definition) is 2. The van der Waals surface area contributed by atoms with Crippen molar-refractivity contribution in [2.75, 3.05) is 13.7 Å². The summed E-state index contributed by atoms with van der Waals surface area (Å²) in [4.78, 5) is 36.8. The minimum absolute atomic E-state index is 0.255. The van der Waals surface area contributed by atoms with E-state index in [1.807, 2.05) is 6.92 Å². The van der Waals surface area contributed by atoms with Crippen LogP contribution < -0.4 is 10.2 Å². The molecule has 0 spiro atoms. The summed E-state index contributed by atoms with van der Waals surface area (Å²) in [7, 11) is -3.25. The molecule has 3 amide bonds. The lowest BCUT2D eigenvalue weighted by Crippen LogP contribution is -2.60. The Morgan fingerprint density at radius 3 is 2.23 bits per heavy atom. The highest BCUT2D eigenvalue weighted by atomic mass is 32.2. The number of likely N-dealkylation sites (tertiary alicyclic amines) is 1. The van der Waals surface area contributed by atoms with Crippen LogP contribution in [0.4, 0.5) is 0 Å². The minimum Gasteiger partial charge on any atom is -0.494 e. The molecule has 1 aromatic rings. The third-order valence-electron chi connectivity index (χ3n) is 4.26. The molecule has 1 aliphatic heterocycles. The summed E-state index contributed by atoms with van der Waals surface area (Å²) in [5.41, 5.74) is 1.28. The highest BCUT2D eigenvalue weighted by Crippen LogP contribution is 2.37. The standard InChI is InChI=1S/C16H20N2O7S/c1-3-8-25-11-4-6-12(7-5-11)26(23,24)16(15(21)17-22)9-13(19)18(2)14(20)10-16/h4-7,22H,3,8-10H2,1-2H3,(H,17,21). The zero-order valence-corrected chi connectivity index (χ0v) is 15.2. The van der Waals surface area contributed by atoms with E-state index >= 15 is 0 Å². The first-order valence-electron chi connectivity index (χ1n) is 7.91. The van der Waals surface area contributed by atoms with E-state index in [9.17, 15) is 22.8 Å². The molecular formula is C16H20N2O7S. The lowest BCUT2D eigenvalue weighted by atomic mass is 9.94. The number of benzene rings is 1. The fourth-order valence-corrected chi connectivity index (χ4v) is 4.52. The normalized spacial score (nSPS) is 17.1. The van der Waals surface area contributed by atoms with Crippen molar-refractivity contribution in [3.8, 4) is 5.75 Å². The Bertz CT molecular complexity index is 800. The predicted octanol–water partition coefficient (Wildman–Crippen LogP) is 0.272. The summed E-state index contributed by atoms with van der Waals surface area (Å²) < 4.78 is 29.2. The number of carbonyl (C=O) groups is 3. The van der Waals surface area contributed by atoms with Crippen molar-refractivity contribution in [3.63, 3.8) is 0 Å². The van der Waals surface area contributed by atoms with Gasteiger partial charge >= 0.3 is 0 Å². The average molecular weight is 384 g/mol. The molecule has 10 heteroatoms. The van der Waals surface area contributed by atoms with Gasteiger partial charge in [0, 0.05) is 7.05 Å². The van der Waals surface area contributed by atoms with Gasteiger partial charge in [-0.2, -0.15) is 0 Å². The molecule has 0 aliphatic carbocycles. The van der Waals surface area contributed by atoms with Crippen LogP contribution >= 0.6 is 0 Å². The summed E-state index contributed by atoms with van der Waals surface area (Å²) >= 11 is 0. The van der Waals surface area contributed by atoms with Gasteiger partial charge < -0.3 is 4.74 Å². The van der Waals surface area contributed by atoms with Crippen molar-refractivity contribution in [1.29, 1.82) is 0 Å². The van der Waals surface area contributed by atoms with Gasteiger partial charge in [-0.25, -0.2) is 13.9 Å². The first-order chi connectivity index (χ1) is 12.2. The van der Waals surface area contributed by atoms with Gasteiger partial charge in [-0.05, 0) is 30.7 Å². The molecule has 2 N–H and O–H groups in total. The molecule has 0 aromatic heterocycles. The van der Waals surface area contributed by atoms with Gasteiger partial charge in [0.1, 0.15) is 5.75 Å². The number of hydrogen-bond acceptors (Lipinski definition) is 7. The molecule has 1 aliphatic rings. The molecule has 1 saturated heterocycles. The Hall–Kier alpha value is -2.46. The maximum Gasteiger partial charge on any atom is 0.266 e. The Labute approximate surface area is 150 Å². The van der Waals surface area contributed by atoms with Gasteiger partial charge in [-0.15, -0.1) is 0 Å². The van der Waals surface area contributed by atoms with Crippen LogP contribution in [0, 0.1) is 0 Å². The smallest absolute Gasteiger partial charge is 0.266 e. The number of rotatable bonds is 6. The lowest BCUT2D eigenvalue weighted by molar-refractivity contribution is -0.151. The highest BCUT2D eigenvalue weighted by Gasteiger charge is 2.57. The molecule has 1 heterocycles. The quantitative estimate of drug-likeness (QED) is 0.409. The zero-order valence-electron chi connectivity index (χ0n) is 14.4. The molecule has 1 aromatic carbocycles. The highest BCUT2D eigenvalue weighted by molar-refractivity contribution is 7.93. The van der Waals surface area contributed by atoms with Crippen molar-refractivity contribution in [1.82, 2.24) is 10.4 Å². The Morgan fingerprint density at radius 1 is 1.23 bits per heavy atom. The van der Waals surface area contributed by atoms with Crippen molar-refractivity contribution in [3.05, 3.63) is 24.3 Å². The number of imide groups is 1. The van der Waals surface area contributed by atoms with E-state index < -0.39 is 45.1 Å². The van der Waals surface area contributed by atoms with Crippen LogP contribution in [0.5, 0.6) is 5.75 Å². The molecule has 1 fully saturated rings. The van der Waals surface area contributed by atoms with Crippen LogP contribution in [0.3, 0.4) is 0 Å². The van der Waals surface area contributed by atoms with Gasteiger partial charge in [0.2, 0.25) is 11.8 Å². The Morgan fingerprint density at radius 2 is 1.77 bits per heavy atom. The number of hydroxylamine groups is 1. The topological polar surface area (TPSA) is 130 Å². The number of piperidine rings is 1. The van der Waals surface area contributed by atoms with E-state index in [1.165, 1.54) is 36.8 Å². The summed E-state index contributed by atoms with van der Waals surface area (Å²) in [5, 5.41) is 9.02. The number of nitrogens with one attached hydrogen (secondary N) is 1. The van der Waals surface area contributed by atoms with Gasteiger partial charge in [0.15, 0.2) is 14.6 Å². The van der Waals surface area contributed by atoms with Crippen LogP contribution in [0.15, 0.2) is 29.2 Å². The number of amides is 3. The van der Waals surface area contributed by atoms with Crippen LogP contribution in [0.25, 0.3) is 0 Å². The molecule has 0 radical (unpaired) electrons. The molecule has 0 unspecified atom stereocenters. The number of nitrogens with zero attached hydrogens (tertiary/aromatic N) is 1. The predicted molar refractivity (Wildman–Crippen MR) is 89.1 cm³/mol. The Kier molecular flexibility index (Phi) is 5.67. The molecule has 2 rings (SSSR count). The monoisotopic (exact) mass is 384 g/mol. The summed E-state index contributed by atoms with van der Waals surface area (Å²) in [5.74, 6) is -2.52. The maximum atomic E-state index is 13.1. The third-order valence-corrected chi connectivity index (χ3v) is 6.65. The van der Waals surface area contributed by atoms with Crippen LogP contribution in [-0.4, -0.2) is 54.6 Å². The zero-order chi connectivity index (χ0) is 19.5. The van der Waals surface area contributed by atoms with Gasteiger partial charge in [-0.3, -0.25) is 24.5 Å². The second-order valence-electron chi connectivity index (χ2n) is 5.96. The largest absolute Gasteiger partial charge is 0.494 e. The molecule has 9 nitrogen and oxygen atoms in total. The number of sulfone groups is 1. The first-order valence-corrected chi connectivity index (χ1v) is 9.39. The fourth-order valence-electron chi connectivity index (χ4n) is 2.66. The van der Waals surface area contributed by atoms with Crippen molar-refractivity contribution < 1.29 is 32.7 Å². The van der Waals surface area contributed by atoms with E-state index in [0.717, 1.165) is 11.3 Å². The Balaban J connectivity index is 2.49. The fraction of sp³-hybridized carbons (Fsp3) is 0.438. The minimum atomic E-state index is -4.46. The van der Waals surface area contributed by atoms with Crippen molar-refractivity contribution in [2.24, 2.45) is 0 Å². The van der Waals surface area contributed by atoms with E-state index in [4.69, 9.17) is 9.94 Å². The van der Waals surface area contributed by atoms with Crippen LogP contribution in [0.2, 0.25) is 0 Å². The first kappa shape index (κ1) is 19.9. The number of ether oxygens (including phenoxy) is 1. The van der Waals surface area contributed by atoms with Crippen LogP contribution in [0.1, 0.15) is 26.2 Å². The molecule has 26 heavy (non-hydrogen) atoms. The molecular weight excluding hydrogens is 364 g/mol. The lowest BCUT2D eigenvalue weighted by Gasteiger charge is -2.36. The van der Waals surface area contributed by atoms with Crippen LogP contribution in [-0.2, 0) is 24.2 Å². The molecule has 0 bridgehead atoms. The van der Waals surface area contributed by atoms with E-state index in [2.05, 4.69) is 0 Å². The van der Waals surface area contributed by atoms with Crippen molar-refractivity contribution in [2.45, 2.75) is 35.8 Å². The van der Waals surface area contributed by atoms with E-state index in [-0.39, 0.29) is 4.90 Å². The van der Waals surface area contributed by atoms with Gasteiger partial charge in [0.05, 0.1) is 24.3 Å². The van der Waals surface area contributed by atoms with Crippen molar-refractivity contribution >= 4 is 27.6 Å². The maximum absolute atomic E-state index is 13.1. The van der Waals surface area contributed by atoms with E-state index in [0.29, 0.717) is 12.4 Å². The number of carbonyl (C=O) groups excluding carboxylic acids is 3. The second kappa shape index (κ2) is 7.42. The second-order valence-corrected chi connectivity index (χ2v) is 8.22. The van der Waals surface area contributed by atoms with E-state index in [1.54, 1.807) is 0 Å². The third kappa shape index (κ3) is 3.29. The summed E-state index contributed by atoms with van der Waals surface area (Å²) in [6.07, 6.45) is -0.728. The summed E-state index contributed by atoms with van der Waals surface area (Å²) in [6.45, 7) is 2.38. The molecule has 0 atom stereocenters. The molecule has 0 saturated carbocycles. The molecule has 142 valence electrons. The SMILES string of the molecule is CCCOc1ccc(S(=O)(=O)C2(C(=O)NO)CC(=O)N(C)C(=O)C2)cc1. The summed E-state index contributed by atoms with van der Waals surface area (Å²) in [6, 6.07) is 5.32. The average Bonchev–Trinajstić information content (AvgIpc) is 2.63.